The number of anilines is 1. The summed E-state index contributed by atoms with van der Waals surface area (Å²) in [4.78, 5) is 9.72. The topological polar surface area (TPSA) is 31.4 Å². The summed E-state index contributed by atoms with van der Waals surface area (Å²) >= 11 is 6.06. The summed E-state index contributed by atoms with van der Waals surface area (Å²) in [6.07, 6.45) is 5.39. The minimum Gasteiger partial charge on any atom is -0.357 e. The van der Waals surface area contributed by atoms with Crippen molar-refractivity contribution >= 4 is 17.4 Å². The van der Waals surface area contributed by atoms with Gasteiger partial charge in [-0.05, 0) is 56.0 Å². The second kappa shape index (κ2) is 8.59. The molecule has 27 heavy (non-hydrogen) atoms. The van der Waals surface area contributed by atoms with Crippen LogP contribution in [0.25, 0.3) is 0 Å². The number of benzene rings is 1. The second-order valence-corrected chi connectivity index (χ2v) is 8.33. The maximum atomic E-state index is 6.06. The molecule has 2 atom stereocenters. The van der Waals surface area contributed by atoms with E-state index in [1.807, 2.05) is 24.4 Å². The summed E-state index contributed by atoms with van der Waals surface area (Å²) in [7, 11) is 0. The van der Waals surface area contributed by atoms with Crippen LogP contribution in [0.2, 0.25) is 5.02 Å². The molecule has 0 amide bonds. The Kier molecular flexibility index (Phi) is 5.96. The first-order valence-corrected chi connectivity index (χ1v) is 10.5. The van der Waals surface area contributed by atoms with Crippen LogP contribution in [-0.4, -0.2) is 54.2 Å². The fourth-order valence-corrected chi connectivity index (χ4v) is 4.61. The Morgan fingerprint density at radius 2 is 1.89 bits per heavy atom. The first kappa shape index (κ1) is 18.7. The normalized spacial score (nSPS) is 24.9. The van der Waals surface area contributed by atoms with E-state index in [4.69, 9.17) is 11.6 Å². The van der Waals surface area contributed by atoms with Crippen molar-refractivity contribution in [2.24, 2.45) is 0 Å². The number of nitrogens with one attached hydrogen (secondary N) is 1. The van der Waals surface area contributed by atoms with Crippen LogP contribution in [0.5, 0.6) is 0 Å². The lowest BCUT2D eigenvalue weighted by Crippen LogP contribution is -2.61. The van der Waals surface area contributed by atoms with Crippen molar-refractivity contribution in [2.75, 3.05) is 31.1 Å². The Balaban J connectivity index is 1.41. The maximum Gasteiger partial charge on any atom is 0.128 e. The molecule has 0 saturated carbocycles. The molecule has 0 aliphatic carbocycles. The lowest BCUT2D eigenvalue weighted by atomic mass is 9.95. The number of rotatable bonds is 4. The molecular formula is C22H29ClN4. The van der Waals surface area contributed by atoms with Gasteiger partial charge < -0.3 is 10.2 Å². The van der Waals surface area contributed by atoms with Crippen molar-refractivity contribution < 1.29 is 0 Å². The van der Waals surface area contributed by atoms with Gasteiger partial charge in [0, 0.05) is 55.5 Å². The van der Waals surface area contributed by atoms with E-state index in [1.54, 1.807) is 0 Å². The quantitative estimate of drug-likeness (QED) is 0.872. The van der Waals surface area contributed by atoms with Gasteiger partial charge in [-0.3, -0.25) is 4.90 Å². The maximum absolute atomic E-state index is 6.06. The number of hydrogen-bond acceptors (Lipinski definition) is 4. The van der Waals surface area contributed by atoms with Gasteiger partial charge in [0.25, 0.3) is 0 Å². The predicted octanol–water partition coefficient (Wildman–Crippen LogP) is 3.61. The number of pyridine rings is 1. The Morgan fingerprint density at radius 3 is 2.59 bits per heavy atom. The molecule has 2 fully saturated rings. The minimum absolute atomic E-state index is 0.550. The number of aromatic nitrogens is 1. The van der Waals surface area contributed by atoms with E-state index in [1.165, 1.54) is 18.4 Å². The molecule has 2 aliphatic rings. The standard InChI is InChI=1S/C22H29ClN4/c1-17-16-27(21(15-25-17)14-18-5-7-19(23)8-6-18)20-9-12-26(13-10-20)22-4-2-3-11-24-22/h2-8,11,17,20-21,25H,9-10,12-16H2,1H3/t17-,21-/m0/s1. The molecule has 0 bridgehead atoms. The number of halogens is 1. The molecule has 3 heterocycles. The van der Waals surface area contributed by atoms with Gasteiger partial charge in [-0.25, -0.2) is 4.98 Å². The first-order chi connectivity index (χ1) is 13.2. The zero-order chi connectivity index (χ0) is 18.6. The molecule has 0 spiro atoms. The highest BCUT2D eigenvalue weighted by Gasteiger charge is 2.33. The molecule has 1 N–H and O–H groups in total. The fourth-order valence-electron chi connectivity index (χ4n) is 4.48. The summed E-state index contributed by atoms with van der Waals surface area (Å²) in [5.41, 5.74) is 1.37. The van der Waals surface area contributed by atoms with Gasteiger partial charge in [0.1, 0.15) is 5.82 Å². The highest BCUT2D eigenvalue weighted by atomic mass is 35.5. The predicted molar refractivity (Wildman–Crippen MR) is 113 cm³/mol. The zero-order valence-corrected chi connectivity index (χ0v) is 16.8. The molecule has 4 rings (SSSR count). The molecule has 5 heteroatoms. The Bertz CT molecular complexity index is 713. The fraction of sp³-hybridized carbons (Fsp3) is 0.500. The number of nitrogens with zero attached hydrogens (tertiary/aromatic N) is 3. The van der Waals surface area contributed by atoms with Crippen molar-refractivity contribution in [3.05, 3.63) is 59.2 Å². The van der Waals surface area contributed by atoms with Gasteiger partial charge in [-0.1, -0.05) is 29.8 Å². The lowest BCUT2D eigenvalue weighted by molar-refractivity contribution is 0.0717. The van der Waals surface area contributed by atoms with Crippen LogP contribution in [0, 0.1) is 0 Å². The van der Waals surface area contributed by atoms with E-state index >= 15 is 0 Å². The van der Waals surface area contributed by atoms with Crippen LogP contribution in [-0.2, 0) is 6.42 Å². The largest absolute Gasteiger partial charge is 0.357 e. The molecule has 0 unspecified atom stereocenters. The third kappa shape index (κ3) is 4.63. The summed E-state index contributed by atoms with van der Waals surface area (Å²) < 4.78 is 0. The van der Waals surface area contributed by atoms with E-state index in [2.05, 4.69) is 51.3 Å². The molecule has 1 aromatic carbocycles. The van der Waals surface area contributed by atoms with Gasteiger partial charge in [0.2, 0.25) is 0 Å². The molecule has 4 nitrogen and oxygen atoms in total. The number of hydrogen-bond donors (Lipinski definition) is 1. The van der Waals surface area contributed by atoms with Crippen molar-refractivity contribution in [1.29, 1.82) is 0 Å². The van der Waals surface area contributed by atoms with Crippen LogP contribution < -0.4 is 10.2 Å². The zero-order valence-electron chi connectivity index (χ0n) is 16.0. The minimum atomic E-state index is 0.550. The Hall–Kier alpha value is -1.62. The van der Waals surface area contributed by atoms with E-state index < -0.39 is 0 Å². The Morgan fingerprint density at radius 1 is 1.11 bits per heavy atom. The van der Waals surface area contributed by atoms with E-state index in [9.17, 15) is 0 Å². The summed E-state index contributed by atoms with van der Waals surface area (Å²) in [6.45, 7) is 6.67. The van der Waals surface area contributed by atoms with Crippen LogP contribution >= 0.6 is 11.6 Å². The molecule has 2 saturated heterocycles. The van der Waals surface area contributed by atoms with Gasteiger partial charge in [-0.15, -0.1) is 0 Å². The van der Waals surface area contributed by atoms with E-state index in [0.717, 1.165) is 43.4 Å². The summed E-state index contributed by atoms with van der Waals surface area (Å²) in [6, 6.07) is 16.3. The average molecular weight is 385 g/mol. The van der Waals surface area contributed by atoms with Gasteiger partial charge in [0.15, 0.2) is 0 Å². The summed E-state index contributed by atoms with van der Waals surface area (Å²) in [5, 5.41) is 4.49. The molecule has 0 radical (unpaired) electrons. The van der Waals surface area contributed by atoms with E-state index in [0.29, 0.717) is 18.1 Å². The SMILES string of the molecule is C[C@H]1CN(C2CCN(c3ccccn3)CC2)[C@@H](Cc2ccc(Cl)cc2)CN1. The van der Waals surface area contributed by atoms with Crippen molar-refractivity contribution in [2.45, 2.75) is 44.3 Å². The van der Waals surface area contributed by atoms with E-state index in [-0.39, 0.29) is 0 Å². The van der Waals surface area contributed by atoms with Crippen LogP contribution in [0.3, 0.4) is 0 Å². The average Bonchev–Trinajstić information content (AvgIpc) is 2.72. The van der Waals surface area contributed by atoms with Gasteiger partial charge in [0.05, 0.1) is 0 Å². The van der Waals surface area contributed by atoms with Crippen LogP contribution in [0.1, 0.15) is 25.3 Å². The van der Waals surface area contributed by atoms with Crippen LogP contribution in [0.4, 0.5) is 5.82 Å². The van der Waals surface area contributed by atoms with Crippen molar-refractivity contribution in [1.82, 2.24) is 15.2 Å². The van der Waals surface area contributed by atoms with Gasteiger partial charge in [-0.2, -0.15) is 0 Å². The molecule has 2 aliphatic heterocycles. The molecule has 144 valence electrons. The van der Waals surface area contributed by atoms with Crippen molar-refractivity contribution in [3.8, 4) is 0 Å². The highest BCUT2D eigenvalue weighted by Crippen LogP contribution is 2.25. The number of piperazine rings is 1. The third-order valence-corrected chi connectivity index (χ3v) is 6.20. The van der Waals surface area contributed by atoms with Crippen molar-refractivity contribution in [3.63, 3.8) is 0 Å². The third-order valence-electron chi connectivity index (χ3n) is 5.95. The monoisotopic (exact) mass is 384 g/mol. The molecular weight excluding hydrogens is 356 g/mol. The molecule has 2 aromatic rings. The van der Waals surface area contributed by atoms with Gasteiger partial charge >= 0.3 is 0 Å². The van der Waals surface area contributed by atoms with Crippen LogP contribution in [0.15, 0.2) is 48.7 Å². The highest BCUT2D eigenvalue weighted by molar-refractivity contribution is 6.30. The lowest BCUT2D eigenvalue weighted by Gasteiger charge is -2.47. The summed E-state index contributed by atoms with van der Waals surface area (Å²) in [5.74, 6) is 1.11. The second-order valence-electron chi connectivity index (χ2n) is 7.90. The first-order valence-electron chi connectivity index (χ1n) is 10.1. The number of piperidine rings is 1. The Labute approximate surface area is 167 Å². The smallest absolute Gasteiger partial charge is 0.128 e. The molecule has 1 aromatic heterocycles.